The molecule has 0 saturated carbocycles. The zero-order chi connectivity index (χ0) is 13.8. The van der Waals surface area contributed by atoms with Crippen LogP contribution >= 0.6 is 12.4 Å². The van der Waals surface area contributed by atoms with Crippen LogP contribution in [-0.2, 0) is 11.8 Å². The van der Waals surface area contributed by atoms with Gasteiger partial charge >= 0.3 is 0 Å². The van der Waals surface area contributed by atoms with E-state index in [2.05, 4.69) is 10.4 Å². The summed E-state index contributed by atoms with van der Waals surface area (Å²) in [7, 11) is 1.84. The van der Waals surface area contributed by atoms with Gasteiger partial charge in [0.25, 0.3) is 0 Å². The van der Waals surface area contributed by atoms with Gasteiger partial charge in [0.15, 0.2) is 5.82 Å². The number of rotatable bonds is 4. The van der Waals surface area contributed by atoms with Crippen LogP contribution in [0.5, 0.6) is 0 Å². The molecular weight excluding hydrogens is 276 g/mol. The normalized spacial score (nSPS) is 11.6. The van der Waals surface area contributed by atoms with Crippen molar-refractivity contribution in [3.8, 4) is 0 Å². The van der Waals surface area contributed by atoms with E-state index in [-0.39, 0.29) is 30.8 Å². The molecule has 0 aliphatic rings. The van der Waals surface area contributed by atoms with Crippen molar-refractivity contribution >= 4 is 24.1 Å². The summed E-state index contributed by atoms with van der Waals surface area (Å²) < 4.78 is 1.72. The van der Waals surface area contributed by atoms with Crippen LogP contribution in [0.25, 0.3) is 0 Å². The molecule has 0 radical (unpaired) electrons. The van der Waals surface area contributed by atoms with Crippen molar-refractivity contribution in [3.05, 3.63) is 47.7 Å². The molecule has 1 unspecified atom stereocenters. The third-order valence-corrected chi connectivity index (χ3v) is 3.12. The van der Waals surface area contributed by atoms with Gasteiger partial charge in [-0.3, -0.25) is 9.48 Å². The minimum Gasteiger partial charge on any atom is -0.329 e. The third-order valence-electron chi connectivity index (χ3n) is 3.12. The molecule has 0 fully saturated rings. The molecule has 0 saturated heterocycles. The Labute approximate surface area is 124 Å². The molecule has 6 heteroatoms. The fourth-order valence-electron chi connectivity index (χ4n) is 1.91. The number of aryl methyl sites for hydroxylation is 2. The number of nitrogens with one attached hydrogen (secondary N) is 1. The number of nitrogens with zero attached hydrogens (tertiary/aromatic N) is 2. The number of amides is 1. The second-order valence-electron chi connectivity index (χ2n) is 4.48. The summed E-state index contributed by atoms with van der Waals surface area (Å²) in [6, 6.07) is 11.3. The standard InChI is InChI=1S/C14H18N4O.ClH/c1-10-8-13(17-18(10)2)16-14(19)12(9-15)11-6-4-3-5-7-11;/h3-8,12H,9,15H2,1-2H3,(H,16,17,19);1H. The monoisotopic (exact) mass is 294 g/mol. The number of hydrogen-bond donors (Lipinski definition) is 2. The molecule has 20 heavy (non-hydrogen) atoms. The summed E-state index contributed by atoms with van der Waals surface area (Å²) in [5, 5.41) is 7.01. The van der Waals surface area contributed by atoms with Crippen LogP contribution in [-0.4, -0.2) is 22.2 Å². The Balaban J connectivity index is 0.00000200. The van der Waals surface area contributed by atoms with Crippen LogP contribution in [0.3, 0.4) is 0 Å². The maximum atomic E-state index is 12.2. The molecule has 108 valence electrons. The Hall–Kier alpha value is -1.85. The number of anilines is 1. The van der Waals surface area contributed by atoms with E-state index in [1.54, 1.807) is 4.68 Å². The Morgan fingerprint density at radius 2 is 2.05 bits per heavy atom. The first-order valence-electron chi connectivity index (χ1n) is 6.18. The summed E-state index contributed by atoms with van der Waals surface area (Å²) in [6.45, 7) is 2.20. The van der Waals surface area contributed by atoms with Crippen molar-refractivity contribution < 1.29 is 4.79 Å². The Bertz CT molecular complexity index is 548. The maximum absolute atomic E-state index is 12.2. The predicted octanol–water partition coefficient (Wildman–Crippen LogP) is 1.83. The van der Waals surface area contributed by atoms with Gasteiger partial charge in [-0.15, -0.1) is 12.4 Å². The van der Waals surface area contributed by atoms with Crippen molar-refractivity contribution in [2.45, 2.75) is 12.8 Å². The van der Waals surface area contributed by atoms with Crippen LogP contribution in [0.4, 0.5) is 5.82 Å². The van der Waals surface area contributed by atoms with E-state index >= 15 is 0 Å². The molecule has 2 aromatic rings. The number of nitrogens with two attached hydrogens (primary N) is 1. The summed E-state index contributed by atoms with van der Waals surface area (Å²) in [4.78, 5) is 12.2. The molecule has 0 aliphatic carbocycles. The van der Waals surface area contributed by atoms with E-state index in [0.717, 1.165) is 11.3 Å². The van der Waals surface area contributed by atoms with Crippen LogP contribution in [0.1, 0.15) is 17.2 Å². The summed E-state index contributed by atoms with van der Waals surface area (Å²) in [5.41, 5.74) is 7.61. The number of aromatic nitrogens is 2. The second-order valence-corrected chi connectivity index (χ2v) is 4.48. The van der Waals surface area contributed by atoms with E-state index in [1.165, 1.54) is 0 Å². The van der Waals surface area contributed by atoms with Gasteiger partial charge in [0.1, 0.15) is 0 Å². The average Bonchev–Trinajstić information content (AvgIpc) is 2.70. The van der Waals surface area contributed by atoms with Crippen molar-refractivity contribution in [2.24, 2.45) is 12.8 Å². The third kappa shape index (κ3) is 3.59. The predicted molar refractivity (Wildman–Crippen MR) is 82.1 cm³/mol. The summed E-state index contributed by atoms with van der Waals surface area (Å²) >= 11 is 0. The molecule has 5 nitrogen and oxygen atoms in total. The minimum atomic E-state index is -0.358. The van der Waals surface area contributed by atoms with E-state index in [1.807, 2.05) is 50.4 Å². The van der Waals surface area contributed by atoms with Crippen LogP contribution in [0.2, 0.25) is 0 Å². The molecule has 1 amide bonds. The SMILES string of the molecule is Cc1cc(NC(=O)C(CN)c2ccccc2)nn1C.Cl. The lowest BCUT2D eigenvalue weighted by Crippen LogP contribution is -2.27. The quantitative estimate of drug-likeness (QED) is 0.903. The Morgan fingerprint density at radius 1 is 1.40 bits per heavy atom. The van der Waals surface area contributed by atoms with Gasteiger partial charge in [-0.05, 0) is 12.5 Å². The van der Waals surface area contributed by atoms with Gasteiger partial charge in [-0.25, -0.2) is 0 Å². The number of hydrogen-bond acceptors (Lipinski definition) is 3. The fourth-order valence-corrected chi connectivity index (χ4v) is 1.91. The van der Waals surface area contributed by atoms with Gasteiger partial charge in [0.2, 0.25) is 5.91 Å². The van der Waals surface area contributed by atoms with Gasteiger partial charge in [0.05, 0.1) is 5.92 Å². The fraction of sp³-hybridized carbons (Fsp3) is 0.286. The first-order chi connectivity index (χ1) is 9.11. The lowest BCUT2D eigenvalue weighted by Gasteiger charge is -2.14. The molecule has 0 bridgehead atoms. The molecule has 1 aromatic carbocycles. The summed E-state index contributed by atoms with van der Waals surface area (Å²) in [6.07, 6.45) is 0. The number of halogens is 1. The molecule has 1 atom stereocenters. The van der Waals surface area contributed by atoms with Crippen LogP contribution < -0.4 is 11.1 Å². The van der Waals surface area contributed by atoms with E-state index < -0.39 is 0 Å². The highest BCUT2D eigenvalue weighted by molar-refractivity contribution is 5.95. The summed E-state index contributed by atoms with van der Waals surface area (Å²) in [5.74, 6) is 0.0645. The highest BCUT2D eigenvalue weighted by Gasteiger charge is 2.19. The average molecular weight is 295 g/mol. The molecule has 3 N–H and O–H groups in total. The van der Waals surface area contributed by atoms with Gasteiger partial charge < -0.3 is 11.1 Å². The van der Waals surface area contributed by atoms with Crippen LogP contribution in [0.15, 0.2) is 36.4 Å². The molecule has 2 rings (SSSR count). The Morgan fingerprint density at radius 3 is 2.55 bits per heavy atom. The number of carbonyl (C=O) groups excluding carboxylic acids is 1. The van der Waals surface area contributed by atoms with E-state index in [9.17, 15) is 4.79 Å². The molecule has 0 spiro atoms. The first kappa shape index (κ1) is 16.2. The van der Waals surface area contributed by atoms with Crippen molar-refractivity contribution in [3.63, 3.8) is 0 Å². The zero-order valence-corrected chi connectivity index (χ0v) is 12.4. The van der Waals surface area contributed by atoms with E-state index in [4.69, 9.17) is 5.73 Å². The second kappa shape index (κ2) is 7.07. The lowest BCUT2D eigenvalue weighted by molar-refractivity contribution is -0.117. The first-order valence-corrected chi connectivity index (χ1v) is 6.18. The zero-order valence-electron chi connectivity index (χ0n) is 11.5. The largest absolute Gasteiger partial charge is 0.329 e. The Kier molecular flexibility index (Phi) is 5.73. The topological polar surface area (TPSA) is 72.9 Å². The van der Waals surface area contributed by atoms with Crippen molar-refractivity contribution in [1.82, 2.24) is 9.78 Å². The van der Waals surface area contributed by atoms with Crippen LogP contribution in [0, 0.1) is 6.92 Å². The number of carbonyl (C=O) groups is 1. The van der Waals surface area contributed by atoms with Crippen molar-refractivity contribution in [1.29, 1.82) is 0 Å². The molecule has 0 aliphatic heterocycles. The highest BCUT2D eigenvalue weighted by atomic mass is 35.5. The smallest absolute Gasteiger partial charge is 0.234 e. The minimum absolute atomic E-state index is 0. The maximum Gasteiger partial charge on any atom is 0.234 e. The molecular formula is C14H19ClN4O. The van der Waals surface area contributed by atoms with Gasteiger partial charge in [0, 0.05) is 25.4 Å². The lowest BCUT2D eigenvalue weighted by atomic mass is 9.98. The van der Waals surface area contributed by atoms with Crippen molar-refractivity contribution in [2.75, 3.05) is 11.9 Å². The molecule has 1 aromatic heterocycles. The molecule has 1 heterocycles. The number of benzene rings is 1. The van der Waals surface area contributed by atoms with E-state index in [0.29, 0.717) is 5.82 Å². The highest BCUT2D eigenvalue weighted by Crippen LogP contribution is 2.17. The van der Waals surface area contributed by atoms with Gasteiger partial charge in [-0.2, -0.15) is 5.10 Å². The van der Waals surface area contributed by atoms with Gasteiger partial charge in [-0.1, -0.05) is 30.3 Å².